The van der Waals surface area contributed by atoms with Crippen molar-refractivity contribution in [1.82, 2.24) is 24.7 Å². The first kappa shape index (κ1) is 24.5. The van der Waals surface area contributed by atoms with Gasteiger partial charge in [-0.05, 0) is 31.2 Å². The second kappa shape index (κ2) is 11.2. The Labute approximate surface area is 206 Å². The van der Waals surface area contributed by atoms with Gasteiger partial charge in [0.15, 0.2) is 5.16 Å². The van der Waals surface area contributed by atoms with Gasteiger partial charge in [-0.3, -0.25) is 9.59 Å². The van der Waals surface area contributed by atoms with Crippen molar-refractivity contribution in [3.63, 3.8) is 0 Å². The quantitative estimate of drug-likeness (QED) is 0.462. The Hall–Kier alpha value is -2.65. The summed E-state index contributed by atoms with van der Waals surface area (Å²) in [5.41, 5.74) is 2.85. The summed E-state index contributed by atoms with van der Waals surface area (Å²) in [7, 11) is 2.09. The number of rotatable bonds is 6. The zero-order valence-corrected chi connectivity index (χ0v) is 21.2. The number of carbonyl (C=O) groups is 2. The molecule has 0 saturated carbocycles. The topological polar surface area (TPSA) is 72.9 Å². The fourth-order valence-corrected chi connectivity index (χ4v) is 5.07. The molecule has 182 valence electrons. The van der Waals surface area contributed by atoms with Gasteiger partial charge < -0.3 is 19.6 Å². The van der Waals surface area contributed by atoms with Crippen molar-refractivity contribution in [3.05, 3.63) is 47.2 Å². The average molecular weight is 483 g/mol. The molecule has 9 heteroatoms. The molecule has 1 aromatic heterocycles. The van der Waals surface area contributed by atoms with Crippen LogP contribution in [0.15, 0.2) is 35.5 Å². The molecule has 2 saturated heterocycles. The van der Waals surface area contributed by atoms with Crippen molar-refractivity contribution in [1.29, 1.82) is 0 Å². The molecule has 2 aliphatic rings. The lowest BCUT2D eigenvalue weighted by atomic mass is 10.1. The third kappa shape index (κ3) is 6.07. The largest absolute Gasteiger partial charge is 0.353 e. The van der Waals surface area contributed by atoms with E-state index in [2.05, 4.69) is 35.9 Å². The van der Waals surface area contributed by atoms with Crippen LogP contribution in [0.5, 0.6) is 0 Å². The van der Waals surface area contributed by atoms with E-state index in [1.807, 2.05) is 28.0 Å². The van der Waals surface area contributed by atoms with Gasteiger partial charge in [-0.15, -0.1) is 0 Å². The van der Waals surface area contributed by atoms with Crippen molar-refractivity contribution in [2.24, 2.45) is 0 Å². The van der Waals surface area contributed by atoms with Crippen LogP contribution < -0.4 is 4.90 Å². The molecule has 0 N–H and O–H groups in total. The van der Waals surface area contributed by atoms with Crippen molar-refractivity contribution in [2.75, 3.05) is 64.3 Å². The van der Waals surface area contributed by atoms with Gasteiger partial charge in [0.1, 0.15) is 5.82 Å². The lowest BCUT2D eigenvalue weighted by molar-refractivity contribution is -0.129. The molecule has 2 aromatic rings. The van der Waals surface area contributed by atoms with Crippen molar-refractivity contribution < 1.29 is 9.59 Å². The molecular weight excluding hydrogens is 448 g/mol. The average Bonchev–Trinajstić information content (AvgIpc) is 2.87. The van der Waals surface area contributed by atoms with Crippen molar-refractivity contribution in [3.8, 4) is 0 Å². The first-order valence-corrected chi connectivity index (χ1v) is 13.0. The number of amides is 2. The summed E-state index contributed by atoms with van der Waals surface area (Å²) in [5.74, 6) is 1.86. The minimum absolute atomic E-state index is 0.108. The molecule has 34 heavy (non-hydrogen) atoms. The highest BCUT2D eigenvalue weighted by molar-refractivity contribution is 7.98. The number of thioether (sulfide) groups is 1. The molecule has 2 aliphatic heterocycles. The molecule has 0 spiro atoms. The number of likely N-dealkylation sites (N-methyl/N-ethyl adjacent to an activating group) is 1. The lowest BCUT2D eigenvalue weighted by Crippen LogP contribution is -2.48. The highest BCUT2D eigenvalue weighted by Gasteiger charge is 2.22. The summed E-state index contributed by atoms with van der Waals surface area (Å²) in [4.78, 5) is 42.4. The number of benzene rings is 1. The van der Waals surface area contributed by atoms with Gasteiger partial charge in [0.05, 0.1) is 0 Å². The van der Waals surface area contributed by atoms with E-state index >= 15 is 0 Å². The Morgan fingerprint density at radius 3 is 2.32 bits per heavy atom. The van der Waals surface area contributed by atoms with Crippen LogP contribution in [0.25, 0.3) is 0 Å². The Morgan fingerprint density at radius 2 is 1.65 bits per heavy atom. The van der Waals surface area contributed by atoms with Crippen LogP contribution in [0.1, 0.15) is 35.5 Å². The second-order valence-corrected chi connectivity index (χ2v) is 9.87. The molecule has 8 nitrogen and oxygen atoms in total. The summed E-state index contributed by atoms with van der Waals surface area (Å²) in [6, 6.07) is 9.98. The highest BCUT2D eigenvalue weighted by atomic mass is 32.2. The van der Waals surface area contributed by atoms with Gasteiger partial charge in [0, 0.05) is 82.4 Å². The van der Waals surface area contributed by atoms with Crippen molar-refractivity contribution in [2.45, 2.75) is 31.2 Å². The minimum atomic E-state index is 0.108. The normalized spacial score (nSPS) is 17.2. The Morgan fingerprint density at radius 1 is 0.941 bits per heavy atom. The lowest BCUT2D eigenvalue weighted by Gasteiger charge is -2.35. The number of hydrogen-bond acceptors (Lipinski definition) is 7. The van der Waals surface area contributed by atoms with E-state index in [0.717, 1.165) is 86.6 Å². The first-order chi connectivity index (χ1) is 16.4. The van der Waals surface area contributed by atoms with Gasteiger partial charge in [-0.1, -0.05) is 30.8 Å². The highest BCUT2D eigenvalue weighted by Crippen LogP contribution is 2.24. The van der Waals surface area contributed by atoms with Gasteiger partial charge >= 0.3 is 0 Å². The molecule has 3 heterocycles. The predicted molar refractivity (Wildman–Crippen MR) is 135 cm³/mol. The standard InChI is InChI=1S/C25H34N6O2S/c1-4-22-17-23(30-14-12-29(13-15-30)19(2)32)27-25(26-22)34-18-20-6-5-7-21(16-20)24(33)31-10-8-28(3)9-11-31/h5-7,16-17H,4,8-15,18H2,1-3H3. The third-order valence-electron chi connectivity index (χ3n) is 6.49. The molecule has 2 fully saturated rings. The Bertz CT molecular complexity index is 1020. The molecule has 2 amide bonds. The summed E-state index contributed by atoms with van der Waals surface area (Å²) in [5, 5.41) is 0.749. The van der Waals surface area contributed by atoms with Crippen LogP contribution in [0.3, 0.4) is 0 Å². The predicted octanol–water partition coefficient (Wildman–Crippen LogP) is 2.39. The van der Waals surface area contributed by atoms with Crippen molar-refractivity contribution >= 4 is 29.4 Å². The number of carbonyl (C=O) groups excluding carboxylic acids is 2. The fraction of sp³-hybridized carbons (Fsp3) is 0.520. The van der Waals surface area contributed by atoms with E-state index in [1.54, 1.807) is 18.7 Å². The molecule has 1 aromatic carbocycles. The van der Waals surface area contributed by atoms with E-state index in [4.69, 9.17) is 9.97 Å². The Balaban J connectivity index is 1.41. The van der Waals surface area contributed by atoms with E-state index in [9.17, 15) is 9.59 Å². The number of hydrogen-bond donors (Lipinski definition) is 0. The van der Waals surface area contributed by atoms with Gasteiger partial charge in [0.2, 0.25) is 5.91 Å². The summed E-state index contributed by atoms with van der Waals surface area (Å²) >= 11 is 1.60. The molecule has 0 radical (unpaired) electrons. The molecule has 0 aliphatic carbocycles. The maximum atomic E-state index is 12.9. The van der Waals surface area contributed by atoms with E-state index in [-0.39, 0.29) is 11.8 Å². The maximum Gasteiger partial charge on any atom is 0.253 e. The molecule has 0 unspecified atom stereocenters. The fourth-order valence-electron chi connectivity index (χ4n) is 4.25. The molecular formula is C25H34N6O2S. The van der Waals surface area contributed by atoms with Crippen LogP contribution in [-0.4, -0.2) is 95.9 Å². The minimum Gasteiger partial charge on any atom is -0.353 e. The van der Waals surface area contributed by atoms with Crippen LogP contribution >= 0.6 is 11.8 Å². The number of aromatic nitrogens is 2. The van der Waals surface area contributed by atoms with Gasteiger partial charge in [0.25, 0.3) is 5.91 Å². The number of anilines is 1. The SMILES string of the molecule is CCc1cc(N2CCN(C(C)=O)CC2)nc(SCc2cccc(C(=O)N3CCN(C)CC3)c2)n1. The van der Waals surface area contributed by atoms with Gasteiger partial charge in [-0.25, -0.2) is 9.97 Å². The summed E-state index contributed by atoms with van der Waals surface area (Å²) < 4.78 is 0. The van der Waals surface area contributed by atoms with E-state index in [1.165, 1.54) is 0 Å². The zero-order chi connectivity index (χ0) is 24.1. The van der Waals surface area contributed by atoms with Gasteiger partial charge in [-0.2, -0.15) is 0 Å². The maximum absolute atomic E-state index is 12.9. The zero-order valence-electron chi connectivity index (χ0n) is 20.4. The molecule has 0 atom stereocenters. The third-order valence-corrected chi connectivity index (χ3v) is 7.41. The molecule has 0 bridgehead atoms. The van der Waals surface area contributed by atoms with E-state index in [0.29, 0.717) is 5.75 Å². The number of piperazine rings is 2. The number of nitrogens with zero attached hydrogens (tertiary/aromatic N) is 6. The second-order valence-electron chi connectivity index (χ2n) is 8.93. The van der Waals surface area contributed by atoms with Crippen LogP contribution in [0, 0.1) is 0 Å². The number of aryl methyl sites for hydroxylation is 1. The summed E-state index contributed by atoms with van der Waals surface area (Å²) in [6.45, 7) is 10.1. The molecule has 4 rings (SSSR count). The smallest absolute Gasteiger partial charge is 0.253 e. The first-order valence-electron chi connectivity index (χ1n) is 12.0. The van der Waals surface area contributed by atoms with Crippen LogP contribution in [0.2, 0.25) is 0 Å². The van der Waals surface area contributed by atoms with E-state index < -0.39 is 0 Å². The summed E-state index contributed by atoms with van der Waals surface area (Å²) in [6.07, 6.45) is 0.839. The van der Waals surface area contributed by atoms with Crippen LogP contribution in [-0.2, 0) is 17.0 Å². The monoisotopic (exact) mass is 482 g/mol. The Kier molecular flexibility index (Phi) is 8.05. The van der Waals surface area contributed by atoms with Crippen LogP contribution in [0.4, 0.5) is 5.82 Å².